The van der Waals surface area contributed by atoms with E-state index in [1.165, 1.54) is 4.90 Å². The minimum absolute atomic E-state index is 0.0507. The second kappa shape index (κ2) is 12.9. The van der Waals surface area contributed by atoms with Crippen LogP contribution in [0.4, 0.5) is 4.79 Å². The second-order valence-electron chi connectivity index (χ2n) is 10.7. The molecule has 3 aromatic rings. The zero-order valence-electron chi connectivity index (χ0n) is 23.7. The van der Waals surface area contributed by atoms with Crippen LogP contribution in [-0.2, 0) is 24.3 Å². The number of benzene rings is 3. The van der Waals surface area contributed by atoms with Crippen molar-refractivity contribution in [2.45, 2.75) is 51.2 Å². The van der Waals surface area contributed by atoms with Crippen molar-refractivity contribution in [1.29, 1.82) is 0 Å². The standard InChI is InChI=1S/C33H37N3O5/c1-40-29-17-14-23(20-30(29)41-2)18-19-34-31(37)26-15-12-25(13-16-26)22-36-32(38)27-10-6-7-11-28(27)35(33(36)39)21-24-8-4-3-5-9-24/h3-5,8-9,12-17,20,27-28H,6-7,10-11,18-19,21-22H2,1-2H3,(H,34,37). The first-order chi connectivity index (χ1) is 20.0. The van der Waals surface area contributed by atoms with Gasteiger partial charge in [0, 0.05) is 24.7 Å². The SMILES string of the molecule is COc1ccc(CCNC(=O)c2ccc(CN3C(=O)C4CCCCC4N(Cc4ccccc4)C3=O)cc2)cc1OC. The number of methoxy groups -OCH3 is 2. The van der Waals surface area contributed by atoms with Crippen LogP contribution in [0.2, 0.25) is 0 Å². The van der Waals surface area contributed by atoms with Crippen LogP contribution in [0.3, 0.4) is 0 Å². The minimum atomic E-state index is -0.237. The molecule has 3 aromatic carbocycles. The Hall–Kier alpha value is -4.33. The van der Waals surface area contributed by atoms with E-state index in [0.29, 0.717) is 36.6 Å². The molecule has 2 aliphatic rings. The predicted molar refractivity (Wildman–Crippen MR) is 156 cm³/mol. The Morgan fingerprint density at radius 2 is 1.51 bits per heavy atom. The van der Waals surface area contributed by atoms with Gasteiger partial charge < -0.3 is 19.7 Å². The zero-order valence-corrected chi connectivity index (χ0v) is 23.7. The summed E-state index contributed by atoms with van der Waals surface area (Å²) in [6, 6.07) is 22.5. The van der Waals surface area contributed by atoms with Gasteiger partial charge in [0.15, 0.2) is 11.5 Å². The van der Waals surface area contributed by atoms with Crippen LogP contribution in [0.25, 0.3) is 0 Å². The molecule has 0 aromatic heterocycles. The summed E-state index contributed by atoms with van der Waals surface area (Å²) in [5.74, 6) is 0.888. The Kier molecular flexibility index (Phi) is 8.87. The molecule has 4 amide bonds. The number of urea groups is 1. The molecule has 1 aliphatic heterocycles. The average molecular weight is 556 g/mol. The molecule has 1 aliphatic carbocycles. The van der Waals surface area contributed by atoms with Gasteiger partial charge in [0.2, 0.25) is 5.91 Å². The Morgan fingerprint density at radius 3 is 2.24 bits per heavy atom. The number of fused-ring (bicyclic) bond motifs is 1. The maximum atomic E-state index is 13.6. The molecule has 8 nitrogen and oxygen atoms in total. The Labute approximate surface area is 241 Å². The lowest BCUT2D eigenvalue weighted by molar-refractivity contribution is -0.141. The van der Waals surface area contributed by atoms with Crippen LogP contribution < -0.4 is 14.8 Å². The molecule has 2 fully saturated rings. The third-order valence-corrected chi connectivity index (χ3v) is 8.09. The Morgan fingerprint density at radius 1 is 0.829 bits per heavy atom. The van der Waals surface area contributed by atoms with Crippen LogP contribution in [0.15, 0.2) is 72.8 Å². The van der Waals surface area contributed by atoms with Gasteiger partial charge in [-0.2, -0.15) is 0 Å². The third kappa shape index (κ3) is 6.37. The van der Waals surface area contributed by atoms with Gasteiger partial charge in [-0.3, -0.25) is 14.5 Å². The van der Waals surface area contributed by atoms with E-state index in [2.05, 4.69) is 5.32 Å². The molecular formula is C33H37N3O5. The predicted octanol–water partition coefficient (Wildman–Crippen LogP) is 5.20. The van der Waals surface area contributed by atoms with Crippen molar-refractivity contribution in [1.82, 2.24) is 15.1 Å². The number of hydrogen-bond acceptors (Lipinski definition) is 5. The molecule has 0 radical (unpaired) electrons. The molecule has 1 heterocycles. The van der Waals surface area contributed by atoms with Gasteiger partial charge in [-0.1, -0.05) is 61.4 Å². The second-order valence-corrected chi connectivity index (χ2v) is 10.7. The maximum Gasteiger partial charge on any atom is 0.327 e. The number of imide groups is 1. The first-order valence-corrected chi connectivity index (χ1v) is 14.2. The summed E-state index contributed by atoms with van der Waals surface area (Å²) in [6.07, 6.45) is 4.35. The maximum absolute atomic E-state index is 13.6. The lowest BCUT2D eigenvalue weighted by Gasteiger charge is -2.47. The zero-order chi connectivity index (χ0) is 28.8. The van der Waals surface area contributed by atoms with Gasteiger partial charge in [0.05, 0.1) is 26.7 Å². The Bertz CT molecular complexity index is 1380. The van der Waals surface area contributed by atoms with Crippen LogP contribution in [0, 0.1) is 5.92 Å². The molecule has 214 valence electrons. The van der Waals surface area contributed by atoms with E-state index in [1.807, 2.05) is 65.6 Å². The number of carbonyl (C=O) groups excluding carboxylic acids is 3. The highest BCUT2D eigenvalue weighted by atomic mass is 16.5. The summed E-state index contributed by atoms with van der Waals surface area (Å²) in [6.45, 7) is 1.15. The van der Waals surface area contributed by atoms with Crippen LogP contribution in [-0.4, -0.2) is 54.5 Å². The minimum Gasteiger partial charge on any atom is -0.493 e. The van der Waals surface area contributed by atoms with Crippen molar-refractivity contribution in [3.8, 4) is 11.5 Å². The summed E-state index contributed by atoms with van der Waals surface area (Å²) < 4.78 is 10.6. The van der Waals surface area contributed by atoms with E-state index in [9.17, 15) is 14.4 Å². The first-order valence-electron chi connectivity index (χ1n) is 14.2. The fraction of sp³-hybridized carbons (Fsp3) is 0.364. The largest absolute Gasteiger partial charge is 0.493 e. The van der Waals surface area contributed by atoms with Gasteiger partial charge in [-0.05, 0) is 60.2 Å². The Balaban J connectivity index is 1.21. The van der Waals surface area contributed by atoms with E-state index < -0.39 is 0 Å². The van der Waals surface area contributed by atoms with Crippen LogP contribution in [0.5, 0.6) is 11.5 Å². The number of hydrogen-bond donors (Lipinski definition) is 1. The summed E-state index contributed by atoms with van der Waals surface area (Å²) in [5.41, 5.74) is 3.41. The molecule has 8 heteroatoms. The van der Waals surface area contributed by atoms with E-state index in [4.69, 9.17) is 9.47 Å². The highest BCUT2D eigenvalue weighted by molar-refractivity contribution is 5.99. The molecule has 0 bridgehead atoms. The summed E-state index contributed by atoms with van der Waals surface area (Å²) in [7, 11) is 3.19. The molecule has 1 saturated heterocycles. The van der Waals surface area contributed by atoms with E-state index in [1.54, 1.807) is 26.4 Å². The van der Waals surface area contributed by atoms with Crippen molar-refractivity contribution in [2.24, 2.45) is 5.92 Å². The summed E-state index contributed by atoms with van der Waals surface area (Å²) >= 11 is 0. The molecule has 5 rings (SSSR count). The lowest BCUT2D eigenvalue weighted by Crippen LogP contribution is -2.61. The quantitative estimate of drug-likeness (QED) is 0.372. The average Bonchev–Trinajstić information content (AvgIpc) is 3.02. The number of amides is 4. The molecule has 0 spiro atoms. The van der Waals surface area contributed by atoms with Crippen LogP contribution in [0.1, 0.15) is 52.7 Å². The fourth-order valence-corrected chi connectivity index (χ4v) is 5.88. The van der Waals surface area contributed by atoms with Gasteiger partial charge >= 0.3 is 6.03 Å². The smallest absolute Gasteiger partial charge is 0.327 e. The van der Waals surface area contributed by atoms with Gasteiger partial charge in [-0.25, -0.2) is 4.79 Å². The molecule has 2 atom stereocenters. The number of ether oxygens (including phenoxy) is 2. The van der Waals surface area contributed by atoms with Crippen molar-refractivity contribution in [2.75, 3.05) is 20.8 Å². The van der Waals surface area contributed by atoms with Crippen LogP contribution >= 0.6 is 0 Å². The van der Waals surface area contributed by atoms with Crippen molar-refractivity contribution < 1.29 is 23.9 Å². The third-order valence-electron chi connectivity index (χ3n) is 8.09. The summed E-state index contributed by atoms with van der Waals surface area (Å²) in [4.78, 5) is 43.1. The van der Waals surface area contributed by atoms with Gasteiger partial charge in [0.25, 0.3) is 5.91 Å². The summed E-state index contributed by atoms with van der Waals surface area (Å²) in [5, 5.41) is 2.95. The molecule has 1 N–H and O–H groups in total. The van der Waals surface area contributed by atoms with E-state index in [0.717, 1.165) is 42.4 Å². The van der Waals surface area contributed by atoms with Gasteiger partial charge in [0.1, 0.15) is 0 Å². The van der Waals surface area contributed by atoms with Gasteiger partial charge in [-0.15, -0.1) is 0 Å². The van der Waals surface area contributed by atoms with Crippen molar-refractivity contribution in [3.63, 3.8) is 0 Å². The number of nitrogens with one attached hydrogen (secondary N) is 1. The first kappa shape index (κ1) is 28.2. The monoisotopic (exact) mass is 555 g/mol. The van der Waals surface area contributed by atoms with Crippen molar-refractivity contribution in [3.05, 3.63) is 95.1 Å². The van der Waals surface area contributed by atoms with E-state index >= 15 is 0 Å². The number of rotatable bonds is 10. The lowest BCUT2D eigenvalue weighted by atomic mass is 9.81. The normalized spacial score (nSPS) is 18.6. The highest BCUT2D eigenvalue weighted by Gasteiger charge is 2.46. The number of nitrogens with zero attached hydrogens (tertiary/aromatic N) is 2. The fourth-order valence-electron chi connectivity index (χ4n) is 5.88. The topological polar surface area (TPSA) is 88.2 Å². The number of carbonyl (C=O) groups is 3. The highest BCUT2D eigenvalue weighted by Crippen LogP contribution is 2.36. The molecule has 2 unspecified atom stereocenters. The molecule has 1 saturated carbocycles. The van der Waals surface area contributed by atoms with Crippen molar-refractivity contribution >= 4 is 17.8 Å². The molecular weight excluding hydrogens is 518 g/mol. The molecule has 41 heavy (non-hydrogen) atoms. The van der Waals surface area contributed by atoms with E-state index in [-0.39, 0.29) is 36.3 Å².